The average Bonchev–Trinajstić information content (AvgIpc) is 2.82. The van der Waals surface area contributed by atoms with Crippen molar-refractivity contribution in [2.75, 3.05) is 5.32 Å². The quantitative estimate of drug-likeness (QED) is 0.877. The van der Waals surface area contributed by atoms with Gasteiger partial charge in [0.1, 0.15) is 12.1 Å². The molecular formula is C10H11ClN6O. The van der Waals surface area contributed by atoms with Gasteiger partial charge in [0.15, 0.2) is 0 Å². The number of carbonyl (C=O) groups is 1. The van der Waals surface area contributed by atoms with Gasteiger partial charge in [-0.2, -0.15) is 0 Å². The molecule has 0 saturated heterocycles. The molecule has 1 amide bonds. The first-order valence-electron chi connectivity index (χ1n) is 5.36. The van der Waals surface area contributed by atoms with E-state index in [0.29, 0.717) is 30.2 Å². The molecule has 0 saturated carbocycles. The van der Waals surface area contributed by atoms with Crippen molar-refractivity contribution >= 4 is 23.3 Å². The van der Waals surface area contributed by atoms with Gasteiger partial charge < -0.3 is 5.32 Å². The van der Waals surface area contributed by atoms with E-state index in [4.69, 9.17) is 11.6 Å². The van der Waals surface area contributed by atoms with Crippen LogP contribution in [0, 0.1) is 0 Å². The van der Waals surface area contributed by atoms with Crippen molar-refractivity contribution in [3.05, 3.63) is 29.7 Å². The van der Waals surface area contributed by atoms with Crippen LogP contribution in [0.1, 0.15) is 12.8 Å². The van der Waals surface area contributed by atoms with E-state index < -0.39 is 0 Å². The first-order valence-corrected chi connectivity index (χ1v) is 5.74. The van der Waals surface area contributed by atoms with E-state index in [9.17, 15) is 4.79 Å². The number of amides is 1. The van der Waals surface area contributed by atoms with Gasteiger partial charge in [0.2, 0.25) is 5.91 Å². The standard InChI is InChI=1S/C10H11ClN6O/c11-8-3-4-12-9(6-8)14-10(18)2-1-5-17-7-13-15-16-17/h3-4,6-7H,1-2,5H2,(H,12,14,18). The Balaban J connectivity index is 1.75. The highest BCUT2D eigenvalue weighted by molar-refractivity contribution is 6.30. The first-order chi connectivity index (χ1) is 8.74. The Labute approximate surface area is 108 Å². The fourth-order valence-corrected chi connectivity index (χ4v) is 1.52. The molecule has 2 rings (SSSR count). The van der Waals surface area contributed by atoms with Crippen LogP contribution in [0.25, 0.3) is 0 Å². The Hall–Kier alpha value is -2.02. The summed E-state index contributed by atoms with van der Waals surface area (Å²) < 4.78 is 1.57. The number of anilines is 1. The van der Waals surface area contributed by atoms with E-state index >= 15 is 0 Å². The number of carbonyl (C=O) groups excluding carboxylic acids is 1. The Bertz CT molecular complexity index is 515. The summed E-state index contributed by atoms with van der Waals surface area (Å²) in [6, 6.07) is 3.25. The van der Waals surface area contributed by atoms with Crippen LogP contribution in [0.5, 0.6) is 0 Å². The lowest BCUT2D eigenvalue weighted by Gasteiger charge is -2.04. The van der Waals surface area contributed by atoms with E-state index in [1.165, 1.54) is 6.33 Å². The summed E-state index contributed by atoms with van der Waals surface area (Å²) in [4.78, 5) is 15.6. The molecule has 2 aromatic heterocycles. The van der Waals surface area contributed by atoms with Gasteiger partial charge in [-0.25, -0.2) is 9.67 Å². The molecule has 2 heterocycles. The van der Waals surface area contributed by atoms with E-state index in [2.05, 4.69) is 25.8 Å². The maximum Gasteiger partial charge on any atom is 0.225 e. The molecule has 18 heavy (non-hydrogen) atoms. The number of hydrogen-bond donors (Lipinski definition) is 1. The van der Waals surface area contributed by atoms with Gasteiger partial charge in [-0.15, -0.1) is 5.10 Å². The normalized spacial score (nSPS) is 10.3. The minimum Gasteiger partial charge on any atom is -0.311 e. The van der Waals surface area contributed by atoms with Gasteiger partial charge in [-0.3, -0.25) is 4.79 Å². The minimum absolute atomic E-state index is 0.113. The number of halogens is 1. The third-order valence-corrected chi connectivity index (χ3v) is 2.41. The zero-order valence-corrected chi connectivity index (χ0v) is 10.2. The lowest BCUT2D eigenvalue weighted by Crippen LogP contribution is -2.13. The summed E-state index contributed by atoms with van der Waals surface area (Å²) >= 11 is 5.78. The van der Waals surface area contributed by atoms with Crippen LogP contribution in [-0.2, 0) is 11.3 Å². The molecule has 0 fully saturated rings. The van der Waals surface area contributed by atoms with Crippen molar-refractivity contribution < 1.29 is 4.79 Å². The lowest BCUT2D eigenvalue weighted by molar-refractivity contribution is -0.116. The van der Waals surface area contributed by atoms with Crippen LogP contribution in [-0.4, -0.2) is 31.1 Å². The maximum atomic E-state index is 11.6. The maximum absolute atomic E-state index is 11.6. The third-order valence-electron chi connectivity index (χ3n) is 2.17. The fraction of sp³-hybridized carbons (Fsp3) is 0.300. The van der Waals surface area contributed by atoms with Gasteiger partial charge in [-0.05, 0) is 29.0 Å². The molecule has 0 aliphatic heterocycles. The molecule has 7 nitrogen and oxygen atoms in total. The summed E-state index contributed by atoms with van der Waals surface area (Å²) in [7, 11) is 0. The van der Waals surface area contributed by atoms with E-state index in [0.717, 1.165) is 0 Å². The zero-order valence-electron chi connectivity index (χ0n) is 9.45. The van der Waals surface area contributed by atoms with Gasteiger partial charge in [0.25, 0.3) is 0 Å². The highest BCUT2D eigenvalue weighted by Crippen LogP contribution is 2.12. The Morgan fingerprint density at radius 3 is 3.11 bits per heavy atom. The molecule has 0 aliphatic rings. The van der Waals surface area contributed by atoms with Crippen molar-refractivity contribution in [2.24, 2.45) is 0 Å². The number of nitrogens with one attached hydrogen (secondary N) is 1. The van der Waals surface area contributed by atoms with Crippen molar-refractivity contribution in [1.82, 2.24) is 25.2 Å². The topological polar surface area (TPSA) is 85.6 Å². The molecule has 1 N–H and O–H groups in total. The summed E-state index contributed by atoms with van der Waals surface area (Å²) in [6.45, 7) is 0.601. The predicted octanol–water partition coefficient (Wildman–Crippen LogP) is 1.14. The number of hydrogen-bond acceptors (Lipinski definition) is 5. The number of tetrazole rings is 1. The van der Waals surface area contributed by atoms with Crippen molar-refractivity contribution in [3.8, 4) is 0 Å². The van der Waals surface area contributed by atoms with Crippen LogP contribution < -0.4 is 5.32 Å². The molecule has 0 aliphatic carbocycles. The van der Waals surface area contributed by atoms with Gasteiger partial charge in [0, 0.05) is 24.2 Å². The van der Waals surface area contributed by atoms with Gasteiger partial charge in [0.05, 0.1) is 0 Å². The van der Waals surface area contributed by atoms with Crippen LogP contribution >= 0.6 is 11.6 Å². The fourth-order valence-electron chi connectivity index (χ4n) is 1.36. The summed E-state index contributed by atoms with van der Waals surface area (Å²) in [5.41, 5.74) is 0. The number of aromatic nitrogens is 5. The predicted molar refractivity (Wildman–Crippen MR) is 64.9 cm³/mol. The second kappa shape index (κ2) is 6.06. The molecule has 0 spiro atoms. The summed E-state index contributed by atoms with van der Waals surface area (Å²) in [6.07, 6.45) is 4.07. The van der Waals surface area contributed by atoms with E-state index in [-0.39, 0.29) is 5.91 Å². The minimum atomic E-state index is -0.113. The Kier molecular flexibility index (Phi) is 4.19. The first kappa shape index (κ1) is 12.4. The highest BCUT2D eigenvalue weighted by atomic mass is 35.5. The number of pyridine rings is 1. The van der Waals surface area contributed by atoms with Gasteiger partial charge in [-0.1, -0.05) is 11.6 Å². The van der Waals surface area contributed by atoms with E-state index in [1.54, 1.807) is 23.0 Å². The van der Waals surface area contributed by atoms with Crippen LogP contribution in [0.3, 0.4) is 0 Å². The summed E-state index contributed by atoms with van der Waals surface area (Å²) in [5.74, 6) is 0.341. The molecule has 0 unspecified atom stereocenters. The lowest BCUT2D eigenvalue weighted by atomic mass is 10.3. The number of rotatable bonds is 5. The molecule has 2 aromatic rings. The van der Waals surface area contributed by atoms with Gasteiger partial charge >= 0.3 is 0 Å². The van der Waals surface area contributed by atoms with Crippen molar-refractivity contribution in [3.63, 3.8) is 0 Å². The molecule has 0 radical (unpaired) electrons. The van der Waals surface area contributed by atoms with Crippen LogP contribution in [0.15, 0.2) is 24.7 Å². The molecule has 0 aromatic carbocycles. The summed E-state index contributed by atoms with van der Waals surface area (Å²) in [5, 5.41) is 13.9. The largest absolute Gasteiger partial charge is 0.311 e. The third kappa shape index (κ3) is 3.77. The van der Waals surface area contributed by atoms with E-state index in [1.807, 2.05) is 0 Å². The van der Waals surface area contributed by atoms with Crippen LogP contribution in [0.4, 0.5) is 5.82 Å². The average molecular weight is 267 g/mol. The second-order valence-electron chi connectivity index (χ2n) is 3.58. The molecule has 94 valence electrons. The molecule has 0 atom stereocenters. The SMILES string of the molecule is O=C(CCCn1cnnn1)Nc1cc(Cl)ccn1. The monoisotopic (exact) mass is 266 g/mol. The van der Waals surface area contributed by atoms with Crippen LogP contribution in [0.2, 0.25) is 5.02 Å². The van der Waals surface area contributed by atoms with Crippen molar-refractivity contribution in [2.45, 2.75) is 19.4 Å². The van der Waals surface area contributed by atoms with Crippen molar-refractivity contribution in [1.29, 1.82) is 0 Å². The number of nitrogens with zero attached hydrogens (tertiary/aromatic N) is 5. The zero-order chi connectivity index (χ0) is 12.8. The molecular weight excluding hydrogens is 256 g/mol. The highest BCUT2D eigenvalue weighted by Gasteiger charge is 2.04. The molecule has 8 heteroatoms. The Morgan fingerprint density at radius 1 is 1.50 bits per heavy atom. The smallest absolute Gasteiger partial charge is 0.225 e. The Morgan fingerprint density at radius 2 is 2.39 bits per heavy atom. The molecule has 0 bridgehead atoms. The number of aryl methyl sites for hydroxylation is 1. The second-order valence-corrected chi connectivity index (χ2v) is 4.02.